The Morgan fingerprint density at radius 1 is 0.155 bits per heavy atom. The van der Waals surface area contributed by atoms with Gasteiger partial charge in [-0.2, -0.15) is 0 Å². The Morgan fingerprint density at radius 2 is 0.259 bits per heavy atom. The third-order valence-electron chi connectivity index (χ3n) is 13.9. The van der Waals surface area contributed by atoms with Crippen LogP contribution in [0.15, 0.2) is 0 Å². The minimum atomic E-state index is 0. The third-order valence-corrected chi connectivity index (χ3v) is 13.9. The first-order chi connectivity index (χ1) is 28.2. The highest BCUT2D eigenvalue weighted by atomic mass is 15.3. The fraction of sp³-hybridized carbons (Fsp3) is 1.00. The van der Waals surface area contributed by atoms with Crippen LogP contribution in [0.1, 0.15) is 336 Å². The highest BCUT2D eigenvalue weighted by molar-refractivity contribution is 5.75. The van der Waals surface area contributed by atoms with E-state index in [0.717, 1.165) is 0 Å². The summed E-state index contributed by atoms with van der Waals surface area (Å²) < 4.78 is 1.49. The predicted octanol–water partition coefficient (Wildman–Crippen LogP) is 20.2. The minimum Gasteiger partial charge on any atom is -1.00 e. The lowest BCUT2D eigenvalue weighted by atomic mass is 10.0. The second kappa shape index (κ2) is 53.2. The topological polar surface area (TPSA) is 0 Å². The first kappa shape index (κ1) is 60.1. The molecule has 0 heterocycles. The van der Waals surface area contributed by atoms with E-state index in [4.69, 9.17) is 0 Å². The summed E-state index contributed by atoms with van der Waals surface area (Å²) in [5.74, 6) is 0. The van der Waals surface area contributed by atoms with Crippen molar-refractivity contribution in [3.63, 3.8) is 0 Å². The average Bonchev–Trinajstić information content (AvgIpc) is 3.22. The maximum Gasteiger partial charge on any atom is 0.0786 e. The van der Waals surface area contributed by atoms with E-state index >= 15 is 0 Å². The molecule has 0 aromatic rings. The molecular weight excluding hydrogens is 697 g/mol. The van der Waals surface area contributed by atoms with E-state index in [9.17, 15) is 0 Å². The van der Waals surface area contributed by atoms with Gasteiger partial charge in [0, 0.05) is 0 Å². The van der Waals surface area contributed by atoms with Gasteiger partial charge in [-0.05, 0) is 51.4 Å². The smallest absolute Gasteiger partial charge is 0.0786 e. The van der Waals surface area contributed by atoms with Crippen molar-refractivity contribution in [1.29, 1.82) is 0 Å². The molecule has 0 atom stereocenters. The molecule has 58 heavy (non-hydrogen) atoms. The molecule has 0 saturated carbocycles. The Bertz CT molecular complexity index is 575. The van der Waals surface area contributed by atoms with Crippen LogP contribution in [-0.2, 0) is 0 Å². The molecule has 0 aliphatic carbocycles. The minimum absolute atomic E-state index is 0. The van der Waals surface area contributed by atoms with Crippen molar-refractivity contribution in [3.05, 3.63) is 0 Å². The van der Waals surface area contributed by atoms with Crippen molar-refractivity contribution in [3.8, 4) is 0 Å². The first-order valence-corrected chi connectivity index (χ1v) is 28.1. The SMILES string of the molecule is CCCCCCCCCCCCCC[N+](CCCCCCCCCCCCCC)(CCCCCCCCCCCCCC)CCCCCCCCCCCCCC.[B-]. The average molecular weight is 814 g/mol. The number of quaternary nitrogens is 1. The van der Waals surface area contributed by atoms with Crippen molar-refractivity contribution >= 4 is 8.41 Å². The van der Waals surface area contributed by atoms with Gasteiger partial charge < -0.3 is 12.9 Å². The van der Waals surface area contributed by atoms with Crippen molar-refractivity contribution in [2.45, 2.75) is 336 Å². The van der Waals surface area contributed by atoms with Crippen LogP contribution in [0.25, 0.3) is 0 Å². The van der Waals surface area contributed by atoms with Gasteiger partial charge in [0.25, 0.3) is 0 Å². The Morgan fingerprint density at radius 3 is 0.379 bits per heavy atom. The van der Waals surface area contributed by atoms with E-state index < -0.39 is 0 Å². The molecule has 4 radical (unpaired) electrons. The molecule has 1 nitrogen and oxygen atoms in total. The molecule has 2 heteroatoms. The fourth-order valence-corrected chi connectivity index (χ4v) is 9.82. The summed E-state index contributed by atoms with van der Waals surface area (Å²) in [7, 11) is 0. The number of hydrogen-bond acceptors (Lipinski definition) is 0. The molecule has 0 N–H and O–H groups in total. The Kier molecular flexibility index (Phi) is 55.1. The van der Waals surface area contributed by atoms with Crippen molar-refractivity contribution < 1.29 is 4.48 Å². The standard InChI is InChI=1S/C56H116N.B/c1-5-9-13-17-21-25-29-33-37-41-45-49-53-57(54-50-46-42-38-34-30-26-22-18-14-10-6-2,55-51-47-43-39-35-31-27-23-19-15-11-7-3)56-52-48-44-40-36-32-28-24-20-16-12-8-4;/h5-56H2,1-4H3;/q+1;-1. The van der Waals surface area contributed by atoms with Gasteiger partial charge in [0.05, 0.1) is 26.2 Å². The third kappa shape index (κ3) is 47.1. The predicted molar refractivity (Wildman–Crippen MR) is 270 cm³/mol. The van der Waals surface area contributed by atoms with Crippen LogP contribution in [0, 0.1) is 0 Å². The van der Waals surface area contributed by atoms with E-state index in [1.165, 1.54) is 339 Å². The Labute approximate surface area is 373 Å². The lowest BCUT2D eigenvalue weighted by Crippen LogP contribution is -2.50. The van der Waals surface area contributed by atoms with Gasteiger partial charge in [0.1, 0.15) is 0 Å². The number of unbranched alkanes of at least 4 members (excludes halogenated alkanes) is 44. The monoisotopic (exact) mass is 814 g/mol. The molecule has 0 amide bonds. The zero-order chi connectivity index (χ0) is 41.3. The Balaban J connectivity index is 0. The van der Waals surface area contributed by atoms with Gasteiger partial charge in [-0.15, -0.1) is 0 Å². The Hall–Kier alpha value is 0.0249. The van der Waals surface area contributed by atoms with Gasteiger partial charge >= 0.3 is 0 Å². The molecule has 0 rings (SSSR count). The zero-order valence-corrected chi connectivity index (χ0v) is 41.8. The summed E-state index contributed by atoms with van der Waals surface area (Å²) in [6.45, 7) is 15.3. The molecule has 0 aromatic carbocycles. The maximum absolute atomic E-state index is 2.33. The molecule has 0 aliphatic heterocycles. The lowest BCUT2D eigenvalue weighted by molar-refractivity contribution is -0.929. The summed E-state index contributed by atoms with van der Waals surface area (Å²) >= 11 is 0. The number of rotatable bonds is 52. The lowest BCUT2D eigenvalue weighted by Gasteiger charge is -2.40. The molecular formula is C56H116BN. The quantitative estimate of drug-likeness (QED) is 0.0326. The first-order valence-electron chi connectivity index (χ1n) is 28.1. The van der Waals surface area contributed by atoms with Crippen molar-refractivity contribution in [2.24, 2.45) is 0 Å². The van der Waals surface area contributed by atoms with Gasteiger partial charge in [-0.1, -0.05) is 285 Å². The molecule has 0 aliphatic rings. The zero-order valence-electron chi connectivity index (χ0n) is 41.8. The van der Waals surface area contributed by atoms with Crippen LogP contribution in [0.5, 0.6) is 0 Å². The van der Waals surface area contributed by atoms with Crippen molar-refractivity contribution in [2.75, 3.05) is 26.2 Å². The van der Waals surface area contributed by atoms with Crippen LogP contribution in [-0.4, -0.2) is 39.1 Å². The molecule has 0 unspecified atom stereocenters. The fourth-order valence-electron chi connectivity index (χ4n) is 9.82. The van der Waals surface area contributed by atoms with Crippen LogP contribution < -0.4 is 0 Å². The molecule has 0 aromatic heterocycles. The summed E-state index contributed by atoms with van der Waals surface area (Å²) in [6, 6.07) is 0. The second-order valence-electron chi connectivity index (χ2n) is 19.8. The largest absolute Gasteiger partial charge is 1.00 e. The number of hydrogen-bond donors (Lipinski definition) is 0. The number of nitrogens with zero attached hydrogens (tertiary/aromatic N) is 1. The van der Waals surface area contributed by atoms with Crippen LogP contribution >= 0.6 is 0 Å². The summed E-state index contributed by atoms with van der Waals surface area (Å²) in [6.07, 6.45) is 70.7. The van der Waals surface area contributed by atoms with Gasteiger partial charge in [0.2, 0.25) is 0 Å². The van der Waals surface area contributed by atoms with Crippen LogP contribution in [0.2, 0.25) is 0 Å². The van der Waals surface area contributed by atoms with Crippen LogP contribution in [0.4, 0.5) is 0 Å². The highest BCUT2D eigenvalue weighted by Crippen LogP contribution is 2.22. The van der Waals surface area contributed by atoms with Crippen molar-refractivity contribution in [1.82, 2.24) is 0 Å². The van der Waals surface area contributed by atoms with E-state index in [2.05, 4.69) is 27.7 Å². The molecule has 0 spiro atoms. The van der Waals surface area contributed by atoms with Gasteiger partial charge in [-0.25, -0.2) is 0 Å². The van der Waals surface area contributed by atoms with E-state index in [1.807, 2.05) is 0 Å². The summed E-state index contributed by atoms with van der Waals surface area (Å²) in [4.78, 5) is 0. The van der Waals surface area contributed by atoms with Gasteiger partial charge in [0.15, 0.2) is 0 Å². The van der Waals surface area contributed by atoms with E-state index in [1.54, 1.807) is 0 Å². The molecule has 0 saturated heterocycles. The molecule has 0 bridgehead atoms. The van der Waals surface area contributed by atoms with E-state index in [-0.39, 0.29) is 8.41 Å². The molecule has 0 fully saturated rings. The molecule has 348 valence electrons. The van der Waals surface area contributed by atoms with Gasteiger partial charge in [-0.3, -0.25) is 0 Å². The van der Waals surface area contributed by atoms with E-state index in [0.29, 0.717) is 0 Å². The summed E-state index contributed by atoms with van der Waals surface area (Å²) in [5, 5.41) is 0. The summed E-state index contributed by atoms with van der Waals surface area (Å²) in [5.41, 5.74) is 0. The second-order valence-corrected chi connectivity index (χ2v) is 19.8. The van der Waals surface area contributed by atoms with Crippen LogP contribution in [0.3, 0.4) is 0 Å². The normalized spacial score (nSPS) is 11.8. The highest BCUT2D eigenvalue weighted by Gasteiger charge is 2.25. The maximum atomic E-state index is 2.33.